The van der Waals surface area contributed by atoms with Crippen LogP contribution in [-0.4, -0.2) is 24.3 Å². The summed E-state index contributed by atoms with van der Waals surface area (Å²) in [5.41, 5.74) is 0.266. The van der Waals surface area contributed by atoms with E-state index in [1.54, 1.807) is 0 Å². The predicted molar refractivity (Wildman–Crippen MR) is 63.1 cm³/mol. The Morgan fingerprint density at radius 2 is 2.00 bits per heavy atom. The molecule has 1 aromatic rings. The molecule has 16 heavy (non-hydrogen) atoms. The smallest absolute Gasteiger partial charge is 0.316 e. The number of carbonyl (C=O) groups is 1. The predicted octanol–water partition coefficient (Wildman–Crippen LogP) is 2.01. The molecule has 4 heteroatoms. The van der Waals surface area contributed by atoms with Crippen LogP contribution in [0.15, 0.2) is 28.7 Å². The Balaban J connectivity index is 2.34. The Bertz CT molecular complexity index is 393. The number of benzene rings is 1. The van der Waals surface area contributed by atoms with E-state index in [9.17, 15) is 9.90 Å². The van der Waals surface area contributed by atoms with Crippen molar-refractivity contribution in [2.45, 2.75) is 24.4 Å². The van der Waals surface area contributed by atoms with E-state index in [4.69, 9.17) is 4.74 Å². The Kier molecular flexibility index (Phi) is 3.04. The molecule has 0 heterocycles. The van der Waals surface area contributed by atoms with Crippen LogP contribution in [0.25, 0.3) is 0 Å². The summed E-state index contributed by atoms with van der Waals surface area (Å²) in [5.74, 6) is -0.264. The van der Waals surface area contributed by atoms with Crippen molar-refractivity contribution in [2.75, 3.05) is 7.11 Å². The minimum atomic E-state index is -0.644. The lowest BCUT2D eigenvalue weighted by Crippen LogP contribution is -2.51. The SMILES string of the molecule is COC(=O)[C@]1(c2ccc(Br)cc2)C[C@H](O)C1. The number of hydrogen-bond donors (Lipinski definition) is 1. The summed E-state index contributed by atoms with van der Waals surface area (Å²) in [7, 11) is 1.38. The molecule has 1 saturated carbocycles. The second-order valence-electron chi connectivity index (χ2n) is 4.14. The first-order valence-corrected chi connectivity index (χ1v) is 5.90. The molecule has 0 radical (unpaired) electrons. The van der Waals surface area contributed by atoms with Gasteiger partial charge in [-0.15, -0.1) is 0 Å². The van der Waals surface area contributed by atoms with E-state index in [1.165, 1.54) is 7.11 Å². The monoisotopic (exact) mass is 284 g/mol. The van der Waals surface area contributed by atoms with Crippen molar-refractivity contribution in [1.82, 2.24) is 0 Å². The number of carbonyl (C=O) groups excluding carboxylic acids is 1. The number of methoxy groups -OCH3 is 1. The van der Waals surface area contributed by atoms with Gasteiger partial charge in [0.25, 0.3) is 0 Å². The summed E-state index contributed by atoms with van der Waals surface area (Å²) in [6.07, 6.45) is 0.491. The third-order valence-corrected chi connectivity index (χ3v) is 3.67. The van der Waals surface area contributed by atoms with Gasteiger partial charge in [-0.3, -0.25) is 4.79 Å². The standard InChI is InChI=1S/C12H13BrO3/c1-16-11(15)12(6-10(14)7-12)8-2-4-9(13)5-3-8/h2-5,10,14H,6-7H2,1H3/t10-,12+. The first kappa shape index (κ1) is 11.6. The molecule has 1 N–H and O–H groups in total. The maximum absolute atomic E-state index is 11.8. The minimum absolute atomic E-state index is 0.264. The Morgan fingerprint density at radius 3 is 2.44 bits per heavy atom. The van der Waals surface area contributed by atoms with Crippen LogP contribution in [0.3, 0.4) is 0 Å². The lowest BCUT2D eigenvalue weighted by atomic mass is 9.63. The lowest BCUT2D eigenvalue weighted by Gasteiger charge is -2.43. The number of esters is 1. The highest BCUT2D eigenvalue weighted by molar-refractivity contribution is 9.10. The van der Waals surface area contributed by atoms with Gasteiger partial charge >= 0.3 is 5.97 Å². The van der Waals surface area contributed by atoms with Gasteiger partial charge in [0.05, 0.1) is 18.6 Å². The van der Waals surface area contributed by atoms with Crippen molar-refractivity contribution >= 4 is 21.9 Å². The van der Waals surface area contributed by atoms with E-state index < -0.39 is 11.5 Å². The van der Waals surface area contributed by atoms with E-state index in [2.05, 4.69) is 15.9 Å². The van der Waals surface area contributed by atoms with E-state index in [-0.39, 0.29) is 5.97 Å². The molecule has 1 aromatic carbocycles. The van der Waals surface area contributed by atoms with E-state index in [0.717, 1.165) is 10.0 Å². The third kappa shape index (κ3) is 1.76. The lowest BCUT2D eigenvalue weighted by molar-refractivity contribution is -0.156. The summed E-state index contributed by atoms with van der Waals surface area (Å²) >= 11 is 3.35. The fraction of sp³-hybridized carbons (Fsp3) is 0.417. The van der Waals surface area contributed by atoms with Gasteiger partial charge in [0.1, 0.15) is 0 Å². The highest BCUT2D eigenvalue weighted by atomic mass is 79.9. The van der Waals surface area contributed by atoms with Crippen LogP contribution in [0.5, 0.6) is 0 Å². The van der Waals surface area contributed by atoms with Crippen molar-refractivity contribution in [2.24, 2.45) is 0 Å². The molecule has 0 amide bonds. The zero-order valence-corrected chi connectivity index (χ0v) is 10.5. The highest BCUT2D eigenvalue weighted by Crippen LogP contribution is 2.45. The van der Waals surface area contributed by atoms with Gasteiger partial charge in [0.15, 0.2) is 0 Å². The fourth-order valence-corrected chi connectivity index (χ4v) is 2.49. The van der Waals surface area contributed by atoms with E-state index >= 15 is 0 Å². The molecule has 3 nitrogen and oxygen atoms in total. The Hall–Kier alpha value is -0.870. The van der Waals surface area contributed by atoms with Gasteiger partial charge < -0.3 is 9.84 Å². The first-order valence-electron chi connectivity index (χ1n) is 5.11. The molecule has 0 spiro atoms. The van der Waals surface area contributed by atoms with Crippen molar-refractivity contribution in [1.29, 1.82) is 0 Å². The van der Waals surface area contributed by atoms with E-state index in [1.807, 2.05) is 24.3 Å². The molecule has 0 unspecified atom stereocenters. The third-order valence-electron chi connectivity index (χ3n) is 3.14. The maximum Gasteiger partial charge on any atom is 0.316 e. The fourth-order valence-electron chi connectivity index (χ4n) is 2.23. The molecule has 86 valence electrons. The Labute approximate surface area is 103 Å². The van der Waals surface area contributed by atoms with Gasteiger partial charge in [-0.2, -0.15) is 0 Å². The second kappa shape index (κ2) is 4.18. The molecule has 1 aliphatic carbocycles. The van der Waals surface area contributed by atoms with Crippen molar-refractivity contribution < 1.29 is 14.6 Å². The average Bonchev–Trinajstić information content (AvgIpc) is 2.25. The summed E-state index contributed by atoms with van der Waals surface area (Å²) in [6.45, 7) is 0. The molecular weight excluding hydrogens is 272 g/mol. The number of aliphatic hydroxyl groups excluding tert-OH is 1. The Morgan fingerprint density at radius 1 is 1.44 bits per heavy atom. The molecular formula is C12H13BrO3. The number of rotatable bonds is 2. The molecule has 0 bridgehead atoms. The van der Waals surface area contributed by atoms with Gasteiger partial charge in [0, 0.05) is 4.47 Å². The van der Waals surface area contributed by atoms with Gasteiger partial charge in [-0.05, 0) is 30.5 Å². The zero-order chi connectivity index (χ0) is 11.8. The van der Waals surface area contributed by atoms with Crippen LogP contribution in [0.4, 0.5) is 0 Å². The number of aliphatic hydroxyl groups is 1. The summed E-state index contributed by atoms with van der Waals surface area (Å²) in [4.78, 5) is 11.8. The number of halogens is 1. The number of ether oxygens (including phenoxy) is 1. The highest BCUT2D eigenvalue weighted by Gasteiger charge is 2.51. The van der Waals surface area contributed by atoms with Gasteiger partial charge in [-0.25, -0.2) is 0 Å². The number of hydrogen-bond acceptors (Lipinski definition) is 3. The van der Waals surface area contributed by atoms with Crippen LogP contribution in [0, 0.1) is 0 Å². The normalized spacial score (nSPS) is 28.3. The van der Waals surface area contributed by atoms with Crippen LogP contribution >= 0.6 is 15.9 Å². The molecule has 0 aliphatic heterocycles. The molecule has 0 atom stereocenters. The van der Waals surface area contributed by atoms with Gasteiger partial charge in [-0.1, -0.05) is 28.1 Å². The van der Waals surface area contributed by atoms with Crippen molar-refractivity contribution in [3.63, 3.8) is 0 Å². The molecule has 0 saturated heterocycles. The molecule has 2 rings (SSSR count). The minimum Gasteiger partial charge on any atom is -0.468 e. The molecule has 0 aromatic heterocycles. The van der Waals surface area contributed by atoms with Crippen molar-refractivity contribution in [3.8, 4) is 0 Å². The first-order chi connectivity index (χ1) is 7.58. The molecule has 1 aliphatic rings. The summed E-state index contributed by atoms with van der Waals surface area (Å²) in [6, 6.07) is 7.58. The van der Waals surface area contributed by atoms with Crippen LogP contribution < -0.4 is 0 Å². The summed E-state index contributed by atoms with van der Waals surface area (Å²) in [5, 5.41) is 9.43. The molecule has 1 fully saturated rings. The van der Waals surface area contributed by atoms with E-state index in [0.29, 0.717) is 12.8 Å². The van der Waals surface area contributed by atoms with Crippen molar-refractivity contribution in [3.05, 3.63) is 34.3 Å². The van der Waals surface area contributed by atoms with Gasteiger partial charge in [0.2, 0.25) is 0 Å². The maximum atomic E-state index is 11.8. The van der Waals surface area contributed by atoms with Crippen LogP contribution in [-0.2, 0) is 14.9 Å². The largest absolute Gasteiger partial charge is 0.468 e. The zero-order valence-electron chi connectivity index (χ0n) is 8.94. The second-order valence-corrected chi connectivity index (χ2v) is 5.06. The van der Waals surface area contributed by atoms with Crippen LogP contribution in [0.1, 0.15) is 18.4 Å². The summed E-state index contributed by atoms with van der Waals surface area (Å²) < 4.78 is 5.80. The topological polar surface area (TPSA) is 46.5 Å². The van der Waals surface area contributed by atoms with Crippen LogP contribution in [0.2, 0.25) is 0 Å². The quantitative estimate of drug-likeness (QED) is 0.846. The average molecular weight is 285 g/mol.